The molecule has 0 aromatic heterocycles. The zero-order valence-corrected chi connectivity index (χ0v) is 11.7. The number of aliphatic hydroxyl groups is 1. The average Bonchev–Trinajstić information content (AvgIpc) is 3.05. The number of hydrogen-bond acceptors (Lipinski definition) is 6. The van der Waals surface area contributed by atoms with Gasteiger partial charge in [-0.2, -0.15) is 0 Å². The Hall–Kier alpha value is -1.50. The largest absolute Gasteiger partial charge is 0.496 e. The van der Waals surface area contributed by atoms with Crippen LogP contribution in [-0.2, 0) is 11.3 Å². The molecular weight excluding hydrogens is 262 g/mol. The van der Waals surface area contributed by atoms with Crippen LogP contribution in [0, 0.1) is 0 Å². The first-order valence-corrected chi connectivity index (χ1v) is 6.61. The van der Waals surface area contributed by atoms with Gasteiger partial charge in [-0.15, -0.1) is 0 Å². The van der Waals surface area contributed by atoms with Crippen molar-refractivity contribution in [1.29, 1.82) is 0 Å². The summed E-state index contributed by atoms with van der Waals surface area (Å²) in [6.45, 7) is 1.83. The summed E-state index contributed by atoms with van der Waals surface area (Å²) in [5.74, 6) is 2.20. The van der Waals surface area contributed by atoms with Crippen LogP contribution in [0.2, 0.25) is 0 Å². The van der Waals surface area contributed by atoms with Crippen LogP contribution in [0.25, 0.3) is 0 Å². The summed E-state index contributed by atoms with van der Waals surface area (Å²) in [6, 6.07) is 3.78. The van der Waals surface area contributed by atoms with Crippen molar-refractivity contribution in [3.63, 3.8) is 0 Å². The first kappa shape index (κ1) is 13.5. The van der Waals surface area contributed by atoms with E-state index < -0.39 is 6.10 Å². The summed E-state index contributed by atoms with van der Waals surface area (Å²) < 4.78 is 21.4. The minimum absolute atomic E-state index is 0.00475. The number of likely N-dealkylation sites (N-methyl/N-ethyl adjacent to an activating group) is 1. The van der Waals surface area contributed by atoms with Gasteiger partial charge in [0.1, 0.15) is 5.75 Å². The monoisotopic (exact) mass is 281 g/mol. The summed E-state index contributed by atoms with van der Waals surface area (Å²) >= 11 is 0. The van der Waals surface area contributed by atoms with E-state index in [-0.39, 0.29) is 12.8 Å². The Kier molecular flexibility index (Phi) is 3.69. The van der Waals surface area contributed by atoms with Crippen molar-refractivity contribution in [3.8, 4) is 17.2 Å². The summed E-state index contributed by atoms with van der Waals surface area (Å²) in [5.41, 5.74) is 0.998. The average molecular weight is 281 g/mol. The van der Waals surface area contributed by atoms with Crippen molar-refractivity contribution in [1.82, 2.24) is 4.90 Å². The van der Waals surface area contributed by atoms with Crippen molar-refractivity contribution in [2.75, 3.05) is 34.2 Å². The van der Waals surface area contributed by atoms with Gasteiger partial charge in [-0.1, -0.05) is 0 Å². The Labute approximate surface area is 117 Å². The summed E-state index contributed by atoms with van der Waals surface area (Å²) in [6.07, 6.45) is -0.444. The van der Waals surface area contributed by atoms with Gasteiger partial charge >= 0.3 is 0 Å². The van der Waals surface area contributed by atoms with Crippen molar-refractivity contribution >= 4 is 0 Å². The fourth-order valence-corrected chi connectivity index (χ4v) is 2.62. The normalized spacial score (nSPS) is 24.4. The highest BCUT2D eigenvalue weighted by Crippen LogP contribution is 2.38. The van der Waals surface area contributed by atoms with E-state index in [2.05, 4.69) is 4.90 Å². The number of benzene rings is 1. The molecule has 2 atom stereocenters. The van der Waals surface area contributed by atoms with E-state index in [1.807, 2.05) is 19.2 Å². The van der Waals surface area contributed by atoms with Gasteiger partial charge in [0.15, 0.2) is 11.5 Å². The zero-order chi connectivity index (χ0) is 14.1. The van der Waals surface area contributed by atoms with E-state index in [1.165, 1.54) is 0 Å². The minimum Gasteiger partial charge on any atom is -0.496 e. The van der Waals surface area contributed by atoms with Gasteiger partial charge in [0, 0.05) is 18.2 Å². The molecule has 0 radical (unpaired) electrons. The lowest BCUT2D eigenvalue weighted by Gasteiger charge is -2.26. The molecule has 6 heteroatoms. The van der Waals surface area contributed by atoms with Crippen LogP contribution in [0.3, 0.4) is 0 Å². The molecule has 1 aromatic rings. The maximum Gasteiger partial charge on any atom is 0.231 e. The smallest absolute Gasteiger partial charge is 0.231 e. The number of hydrogen-bond donors (Lipinski definition) is 1. The molecule has 3 rings (SSSR count). The highest BCUT2D eigenvalue weighted by atomic mass is 16.7. The van der Waals surface area contributed by atoms with Gasteiger partial charge in [0.25, 0.3) is 0 Å². The molecule has 0 bridgehead atoms. The molecular formula is C14H19NO5. The lowest BCUT2D eigenvalue weighted by atomic mass is 10.1. The Morgan fingerprint density at radius 3 is 2.70 bits per heavy atom. The lowest BCUT2D eigenvalue weighted by Crippen LogP contribution is -2.39. The summed E-state index contributed by atoms with van der Waals surface area (Å²) in [7, 11) is 3.60. The molecule has 0 amide bonds. The number of rotatable bonds is 4. The van der Waals surface area contributed by atoms with Gasteiger partial charge in [-0.3, -0.25) is 4.90 Å². The maximum absolute atomic E-state index is 9.88. The number of fused-ring (bicyclic) bond motifs is 1. The summed E-state index contributed by atoms with van der Waals surface area (Å²) in [4.78, 5) is 2.07. The van der Waals surface area contributed by atoms with E-state index in [1.54, 1.807) is 7.11 Å². The Morgan fingerprint density at radius 1 is 1.30 bits per heavy atom. The standard InChI is InChI=1S/C14H19NO5/c1-15(10-6-18-7-11(10)16)5-9-3-13-14(20-8-19-13)4-12(9)17-2/h3-4,10-11,16H,5-8H2,1-2H3/t10-,11-/m1/s1. The molecule has 1 saturated heterocycles. The molecule has 2 aliphatic heterocycles. The second kappa shape index (κ2) is 5.47. The highest BCUT2D eigenvalue weighted by Gasteiger charge is 2.30. The predicted molar refractivity (Wildman–Crippen MR) is 71.2 cm³/mol. The fraction of sp³-hybridized carbons (Fsp3) is 0.571. The second-order valence-corrected chi connectivity index (χ2v) is 5.10. The van der Waals surface area contributed by atoms with Crippen molar-refractivity contribution in [2.24, 2.45) is 0 Å². The van der Waals surface area contributed by atoms with Crippen LogP contribution < -0.4 is 14.2 Å². The first-order chi connectivity index (χ1) is 9.69. The van der Waals surface area contributed by atoms with Crippen LogP contribution in [0.1, 0.15) is 5.56 Å². The first-order valence-electron chi connectivity index (χ1n) is 6.61. The quantitative estimate of drug-likeness (QED) is 0.873. The zero-order valence-electron chi connectivity index (χ0n) is 11.7. The third-order valence-electron chi connectivity index (χ3n) is 3.78. The van der Waals surface area contributed by atoms with Gasteiger partial charge in [-0.05, 0) is 13.1 Å². The number of ether oxygens (including phenoxy) is 4. The molecule has 0 saturated carbocycles. The molecule has 1 fully saturated rings. The second-order valence-electron chi connectivity index (χ2n) is 5.10. The van der Waals surface area contributed by atoms with Crippen molar-refractivity contribution < 1.29 is 24.1 Å². The molecule has 0 aliphatic carbocycles. The van der Waals surface area contributed by atoms with Gasteiger partial charge in [0.05, 0.1) is 32.5 Å². The highest BCUT2D eigenvalue weighted by molar-refractivity contribution is 5.51. The van der Waals surface area contributed by atoms with Crippen LogP contribution >= 0.6 is 0 Å². The SMILES string of the molecule is COc1cc2c(cc1CN(C)[C@@H]1COC[C@H]1O)OCO2. The molecule has 2 aliphatic rings. The van der Waals surface area contributed by atoms with Crippen molar-refractivity contribution in [3.05, 3.63) is 17.7 Å². The van der Waals surface area contributed by atoms with Crippen LogP contribution in [0.4, 0.5) is 0 Å². The molecule has 1 aromatic carbocycles. The number of methoxy groups -OCH3 is 1. The maximum atomic E-state index is 9.88. The molecule has 1 N–H and O–H groups in total. The lowest BCUT2D eigenvalue weighted by molar-refractivity contribution is 0.0921. The van der Waals surface area contributed by atoms with Gasteiger partial charge in [-0.25, -0.2) is 0 Å². The number of aliphatic hydroxyl groups excluding tert-OH is 1. The van der Waals surface area contributed by atoms with Gasteiger partial charge in [0.2, 0.25) is 6.79 Å². The molecule has 0 unspecified atom stereocenters. The predicted octanol–water partition coefficient (Wildman–Crippen LogP) is 0.615. The molecule has 20 heavy (non-hydrogen) atoms. The number of nitrogens with zero attached hydrogens (tertiary/aromatic N) is 1. The Morgan fingerprint density at radius 2 is 2.05 bits per heavy atom. The van der Waals surface area contributed by atoms with Crippen molar-refractivity contribution in [2.45, 2.75) is 18.7 Å². The topological polar surface area (TPSA) is 60.4 Å². The minimum atomic E-state index is -0.444. The molecule has 0 spiro atoms. The van der Waals surface area contributed by atoms with E-state index >= 15 is 0 Å². The summed E-state index contributed by atoms with van der Waals surface area (Å²) in [5, 5.41) is 9.88. The molecule has 6 nitrogen and oxygen atoms in total. The third-order valence-corrected chi connectivity index (χ3v) is 3.78. The van der Waals surface area contributed by atoms with Crippen LogP contribution in [0.5, 0.6) is 17.2 Å². The van der Waals surface area contributed by atoms with E-state index in [9.17, 15) is 5.11 Å². The van der Waals surface area contributed by atoms with E-state index in [0.717, 1.165) is 17.1 Å². The van der Waals surface area contributed by atoms with Crippen LogP contribution in [-0.4, -0.2) is 56.3 Å². The van der Waals surface area contributed by atoms with E-state index in [0.29, 0.717) is 25.5 Å². The Balaban J connectivity index is 1.79. The molecule has 110 valence electrons. The van der Waals surface area contributed by atoms with E-state index in [4.69, 9.17) is 18.9 Å². The van der Waals surface area contributed by atoms with Gasteiger partial charge < -0.3 is 24.1 Å². The third kappa shape index (κ3) is 2.42. The molecule has 2 heterocycles. The Bertz CT molecular complexity index is 493. The fourth-order valence-electron chi connectivity index (χ4n) is 2.62. The van der Waals surface area contributed by atoms with Crippen LogP contribution in [0.15, 0.2) is 12.1 Å².